The van der Waals surface area contributed by atoms with Crippen molar-refractivity contribution < 1.29 is 13.2 Å². The van der Waals surface area contributed by atoms with Crippen molar-refractivity contribution in [1.82, 2.24) is 19.0 Å². The largest absolute Gasteiger partial charge is 0.319 e. The number of benzene rings is 1. The second-order valence-electron chi connectivity index (χ2n) is 8.31. The molecule has 1 aliphatic rings. The fourth-order valence-corrected chi connectivity index (χ4v) is 5.60. The zero-order valence-corrected chi connectivity index (χ0v) is 20.1. The lowest BCUT2D eigenvalue weighted by Gasteiger charge is -2.30. The first-order valence-corrected chi connectivity index (χ1v) is 12.9. The standard InChI is InChI=1S/C23H35N5O3S/c1-4-27(5-2)14-15-28-18-20(17-24-28)25-23(29)19-10-9-13-22(16-19)32(30,31)26(3)21-11-7-6-8-12-21/h9-10,13,16-18,21H,4-8,11-12,14-15H2,1-3H3,(H,25,29). The van der Waals surface area contributed by atoms with Crippen molar-refractivity contribution >= 4 is 21.6 Å². The summed E-state index contributed by atoms with van der Waals surface area (Å²) in [6, 6.07) is 6.27. The molecule has 3 rings (SSSR count). The van der Waals surface area contributed by atoms with Gasteiger partial charge in [0.15, 0.2) is 0 Å². The molecule has 1 amide bonds. The lowest BCUT2D eigenvalue weighted by Crippen LogP contribution is -2.38. The Morgan fingerprint density at radius 3 is 2.59 bits per heavy atom. The average molecular weight is 462 g/mol. The number of carbonyl (C=O) groups is 1. The summed E-state index contributed by atoms with van der Waals surface area (Å²) in [6.07, 6.45) is 8.43. The smallest absolute Gasteiger partial charge is 0.255 e. The molecule has 0 spiro atoms. The van der Waals surface area contributed by atoms with E-state index in [2.05, 4.69) is 29.2 Å². The van der Waals surface area contributed by atoms with Gasteiger partial charge in [0.2, 0.25) is 10.0 Å². The third-order valence-electron chi connectivity index (χ3n) is 6.29. The molecule has 32 heavy (non-hydrogen) atoms. The summed E-state index contributed by atoms with van der Waals surface area (Å²) < 4.78 is 29.5. The van der Waals surface area contributed by atoms with Crippen LogP contribution >= 0.6 is 0 Å². The van der Waals surface area contributed by atoms with Crippen LogP contribution in [0.15, 0.2) is 41.6 Å². The van der Waals surface area contributed by atoms with Crippen LogP contribution in [0.1, 0.15) is 56.3 Å². The summed E-state index contributed by atoms with van der Waals surface area (Å²) in [6.45, 7) is 7.83. The molecule has 0 unspecified atom stereocenters. The lowest BCUT2D eigenvalue weighted by atomic mass is 9.96. The highest BCUT2D eigenvalue weighted by molar-refractivity contribution is 7.89. The highest BCUT2D eigenvalue weighted by Crippen LogP contribution is 2.27. The highest BCUT2D eigenvalue weighted by Gasteiger charge is 2.29. The maximum Gasteiger partial charge on any atom is 0.255 e. The molecule has 0 bridgehead atoms. The predicted molar refractivity (Wildman–Crippen MR) is 126 cm³/mol. The number of sulfonamides is 1. The van der Waals surface area contributed by atoms with Crippen LogP contribution in [0.2, 0.25) is 0 Å². The zero-order valence-electron chi connectivity index (χ0n) is 19.3. The maximum atomic E-state index is 13.1. The molecule has 0 aliphatic heterocycles. The molecule has 9 heteroatoms. The molecule has 1 fully saturated rings. The minimum absolute atomic E-state index is 0.0217. The molecule has 1 aliphatic carbocycles. The number of carbonyl (C=O) groups excluding carboxylic acids is 1. The fraction of sp³-hybridized carbons (Fsp3) is 0.565. The second-order valence-corrected chi connectivity index (χ2v) is 10.3. The van der Waals surface area contributed by atoms with Crippen molar-refractivity contribution in [3.63, 3.8) is 0 Å². The van der Waals surface area contributed by atoms with Gasteiger partial charge >= 0.3 is 0 Å². The van der Waals surface area contributed by atoms with Gasteiger partial charge in [0.1, 0.15) is 0 Å². The Kier molecular flexibility index (Phi) is 8.44. The number of aromatic nitrogens is 2. The van der Waals surface area contributed by atoms with Crippen LogP contribution < -0.4 is 5.32 Å². The zero-order chi connectivity index (χ0) is 23.1. The van der Waals surface area contributed by atoms with Gasteiger partial charge in [0.25, 0.3) is 5.91 Å². The quantitative estimate of drug-likeness (QED) is 0.586. The van der Waals surface area contributed by atoms with E-state index in [0.29, 0.717) is 11.3 Å². The van der Waals surface area contributed by atoms with Gasteiger partial charge < -0.3 is 10.2 Å². The molecule has 1 aromatic heterocycles. The SMILES string of the molecule is CCN(CC)CCn1cc(NC(=O)c2cccc(S(=O)(=O)N(C)C3CCCCC3)c2)cn1. The lowest BCUT2D eigenvalue weighted by molar-refractivity contribution is 0.102. The molecule has 0 atom stereocenters. The summed E-state index contributed by atoms with van der Waals surface area (Å²) in [5, 5.41) is 7.13. The normalized spacial score (nSPS) is 15.4. The summed E-state index contributed by atoms with van der Waals surface area (Å²) in [7, 11) is -2.01. The van der Waals surface area contributed by atoms with E-state index in [4.69, 9.17) is 0 Å². The number of nitrogens with one attached hydrogen (secondary N) is 1. The first kappa shape index (κ1) is 24.4. The Hall–Kier alpha value is -2.23. The van der Waals surface area contributed by atoms with Gasteiger partial charge in [0.05, 0.1) is 23.3 Å². The van der Waals surface area contributed by atoms with Crippen LogP contribution in [0.4, 0.5) is 5.69 Å². The van der Waals surface area contributed by atoms with E-state index < -0.39 is 10.0 Å². The predicted octanol–water partition coefficient (Wildman–Crippen LogP) is 3.43. The number of hydrogen-bond acceptors (Lipinski definition) is 5. The van der Waals surface area contributed by atoms with Crippen LogP contribution in [0.5, 0.6) is 0 Å². The van der Waals surface area contributed by atoms with E-state index in [1.165, 1.54) is 10.4 Å². The molecule has 0 radical (unpaired) electrons. The minimum Gasteiger partial charge on any atom is -0.319 e. The summed E-state index contributed by atoms with van der Waals surface area (Å²) in [4.78, 5) is 15.2. The highest BCUT2D eigenvalue weighted by atomic mass is 32.2. The monoisotopic (exact) mass is 461 g/mol. The molecular formula is C23H35N5O3S. The fourth-order valence-electron chi connectivity index (χ4n) is 4.14. The Labute approximate surface area is 191 Å². The van der Waals surface area contributed by atoms with Gasteiger partial charge in [-0.1, -0.05) is 39.2 Å². The molecular weight excluding hydrogens is 426 g/mol. The Morgan fingerprint density at radius 1 is 1.19 bits per heavy atom. The van der Waals surface area contributed by atoms with Gasteiger partial charge in [-0.2, -0.15) is 9.40 Å². The number of hydrogen-bond donors (Lipinski definition) is 1. The Bertz CT molecular complexity index is 995. The van der Waals surface area contributed by atoms with Gasteiger partial charge in [0, 0.05) is 31.4 Å². The van der Waals surface area contributed by atoms with E-state index in [1.54, 1.807) is 42.3 Å². The topological polar surface area (TPSA) is 87.5 Å². The number of rotatable bonds is 10. The van der Waals surface area contributed by atoms with Crippen molar-refractivity contribution in [3.05, 3.63) is 42.2 Å². The number of anilines is 1. The van der Waals surface area contributed by atoms with Crippen LogP contribution in [0, 0.1) is 0 Å². The van der Waals surface area contributed by atoms with Crippen LogP contribution in [-0.4, -0.2) is 66.0 Å². The molecule has 176 valence electrons. The minimum atomic E-state index is -3.65. The molecule has 1 aromatic carbocycles. The molecule has 1 heterocycles. The Balaban J connectivity index is 1.66. The second kappa shape index (κ2) is 11.1. The Morgan fingerprint density at radius 2 is 1.91 bits per heavy atom. The van der Waals surface area contributed by atoms with E-state index >= 15 is 0 Å². The van der Waals surface area contributed by atoms with Crippen molar-refractivity contribution in [1.29, 1.82) is 0 Å². The molecule has 1 saturated carbocycles. The summed E-state index contributed by atoms with van der Waals surface area (Å²) >= 11 is 0. The van der Waals surface area contributed by atoms with Gasteiger partial charge in [-0.25, -0.2) is 8.42 Å². The van der Waals surface area contributed by atoms with Crippen LogP contribution in [0.25, 0.3) is 0 Å². The molecule has 0 saturated heterocycles. The van der Waals surface area contributed by atoms with E-state index in [-0.39, 0.29) is 16.8 Å². The molecule has 8 nitrogen and oxygen atoms in total. The summed E-state index contributed by atoms with van der Waals surface area (Å²) in [5.41, 5.74) is 0.890. The van der Waals surface area contributed by atoms with Crippen molar-refractivity contribution in [2.45, 2.75) is 63.4 Å². The number of amides is 1. The van der Waals surface area contributed by atoms with E-state index in [1.807, 2.05) is 0 Å². The number of nitrogens with zero attached hydrogens (tertiary/aromatic N) is 4. The van der Waals surface area contributed by atoms with Gasteiger partial charge in [-0.3, -0.25) is 9.48 Å². The first-order chi connectivity index (χ1) is 15.3. The van der Waals surface area contributed by atoms with Crippen molar-refractivity contribution in [2.24, 2.45) is 0 Å². The third kappa shape index (κ3) is 5.96. The average Bonchev–Trinajstić information content (AvgIpc) is 3.27. The third-order valence-corrected chi connectivity index (χ3v) is 8.20. The van der Waals surface area contributed by atoms with Crippen LogP contribution in [-0.2, 0) is 16.6 Å². The number of likely N-dealkylation sites (N-methyl/N-ethyl adjacent to an activating group) is 1. The van der Waals surface area contributed by atoms with Crippen molar-refractivity contribution in [3.8, 4) is 0 Å². The molecule has 2 aromatic rings. The van der Waals surface area contributed by atoms with E-state index in [9.17, 15) is 13.2 Å². The van der Waals surface area contributed by atoms with Gasteiger partial charge in [-0.05, 0) is 44.1 Å². The summed E-state index contributed by atoms with van der Waals surface area (Å²) in [5.74, 6) is -0.356. The van der Waals surface area contributed by atoms with Crippen LogP contribution in [0.3, 0.4) is 0 Å². The first-order valence-electron chi connectivity index (χ1n) is 11.5. The van der Waals surface area contributed by atoms with Gasteiger partial charge in [-0.15, -0.1) is 0 Å². The van der Waals surface area contributed by atoms with E-state index in [0.717, 1.165) is 58.3 Å². The molecule has 1 N–H and O–H groups in total. The maximum absolute atomic E-state index is 13.1. The van der Waals surface area contributed by atoms with Crippen molar-refractivity contribution in [2.75, 3.05) is 32.0 Å².